The summed E-state index contributed by atoms with van der Waals surface area (Å²) in [7, 11) is 0. The van der Waals surface area contributed by atoms with Crippen molar-refractivity contribution in [2.75, 3.05) is 0 Å². The summed E-state index contributed by atoms with van der Waals surface area (Å²) in [5.74, 6) is -1.50. The summed E-state index contributed by atoms with van der Waals surface area (Å²) < 4.78 is 13.5. The fraction of sp³-hybridized carbons (Fsp3) is 0. The molecule has 0 spiro atoms. The molecule has 0 aromatic heterocycles. The second-order valence-electron chi connectivity index (χ2n) is 3.62. The molecule has 2 rings (SSSR count). The van der Waals surface area contributed by atoms with Gasteiger partial charge in [0.2, 0.25) is 0 Å². The SMILES string of the molecule is O=C(O)c1c(Cl)cc(Br)cc1-c1ccc(F)cc1. The predicted octanol–water partition coefficient (Wildman–Crippen LogP) is 4.61. The van der Waals surface area contributed by atoms with E-state index in [0.29, 0.717) is 15.6 Å². The molecule has 0 fully saturated rings. The topological polar surface area (TPSA) is 37.3 Å². The van der Waals surface area contributed by atoms with Crippen molar-refractivity contribution < 1.29 is 14.3 Å². The lowest BCUT2D eigenvalue weighted by Crippen LogP contribution is -2.01. The smallest absolute Gasteiger partial charge is 0.337 e. The highest BCUT2D eigenvalue weighted by Crippen LogP contribution is 2.33. The number of aromatic carboxylic acids is 1. The summed E-state index contributed by atoms with van der Waals surface area (Å²) in [5, 5.41) is 9.31. The van der Waals surface area contributed by atoms with Crippen molar-refractivity contribution in [2.24, 2.45) is 0 Å². The van der Waals surface area contributed by atoms with Crippen LogP contribution in [0.4, 0.5) is 4.39 Å². The van der Waals surface area contributed by atoms with Gasteiger partial charge in [-0.05, 0) is 35.4 Å². The fourth-order valence-corrected chi connectivity index (χ4v) is 2.54. The lowest BCUT2D eigenvalue weighted by atomic mass is 10.00. The van der Waals surface area contributed by atoms with Crippen LogP contribution in [0.3, 0.4) is 0 Å². The van der Waals surface area contributed by atoms with E-state index in [2.05, 4.69) is 15.9 Å². The zero-order chi connectivity index (χ0) is 13.3. The van der Waals surface area contributed by atoms with Crippen LogP contribution in [0.15, 0.2) is 40.9 Å². The molecule has 0 bridgehead atoms. The van der Waals surface area contributed by atoms with Crippen molar-refractivity contribution in [3.05, 3.63) is 57.3 Å². The third-order valence-electron chi connectivity index (χ3n) is 2.42. The Hall–Kier alpha value is -1.39. The minimum absolute atomic E-state index is 0.00600. The van der Waals surface area contributed by atoms with E-state index in [9.17, 15) is 14.3 Å². The van der Waals surface area contributed by atoms with E-state index in [0.717, 1.165) is 0 Å². The molecule has 0 atom stereocenters. The number of benzene rings is 2. The maximum absolute atomic E-state index is 12.9. The van der Waals surface area contributed by atoms with Gasteiger partial charge in [-0.15, -0.1) is 0 Å². The van der Waals surface area contributed by atoms with Gasteiger partial charge in [-0.1, -0.05) is 39.7 Å². The van der Waals surface area contributed by atoms with Gasteiger partial charge in [0.15, 0.2) is 0 Å². The molecule has 0 saturated carbocycles. The van der Waals surface area contributed by atoms with Crippen LogP contribution < -0.4 is 0 Å². The van der Waals surface area contributed by atoms with Crippen LogP contribution in [0.25, 0.3) is 11.1 Å². The molecular weight excluding hydrogens is 322 g/mol. The van der Waals surface area contributed by atoms with Crippen LogP contribution in [0.5, 0.6) is 0 Å². The molecule has 0 amide bonds. The fourth-order valence-electron chi connectivity index (χ4n) is 1.65. The van der Waals surface area contributed by atoms with E-state index in [1.165, 1.54) is 30.3 Å². The average Bonchev–Trinajstić information content (AvgIpc) is 2.28. The molecule has 5 heteroatoms. The van der Waals surface area contributed by atoms with Crippen LogP contribution in [-0.2, 0) is 0 Å². The molecule has 0 aliphatic heterocycles. The number of rotatable bonds is 2. The summed E-state index contributed by atoms with van der Waals surface area (Å²) in [6.07, 6.45) is 0. The Morgan fingerprint density at radius 1 is 1.22 bits per heavy atom. The lowest BCUT2D eigenvalue weighted by Gasteiger charge is -2.09. The standard InChI is InChI=1S/C13H7BrClFO2/c14-8-5-10(7-1-3-9(16)4-2-7)12(13(17)18)11(15)6-8/h1-6H,(H,17,18). The molecule has 2 aromatic rings. The van der Waals surface area contributed by atoms with Gasteiger partial charge in [0.25, 0.3) is 0 Å². The van der Waals surface area contributed by atoms with E-state index in [4.69, 9.17) is 11.6 Å². The van der Waals surface area contributed by atoms with Crippen LogP contribution in [0, 0.1) is 5.82 Å². The van der Waals surface area contributed by atoms with Gasteiger partial charge in [-0.2, -0.15) is 0 Å². The molecule has 1 N–H and O–H groups in total. The van der Waals surface area contributed by atoms with Gasteiger partial charge in [0, 0.05) is 4.47 Å². The highest BCUT2D eigenvalue weighted by Gasteiger charge is 2.17. The first-order valence-electron chi connectivity index (χ1n) is 4.97. The van der Waals surface area contributed by atoms with Gasteiger partial charge in [0.05, 0.1) is 10.6 Å². The largest absolute Gasteiger partial charge is 0.478 e. The maximum atomic E-state index is 12.9. The van der Waals surface area contributed by atoms with Gasteiger partial charge >= 0.3 is 5.97 Å². The number of hydrogen-bond acceptors (Lipinski definition) is 1. The van der Waals surface area contributed by atoms with Crippen LogP contribution in [0.2, 0.25) is 5.02 Å². The van der Waals surface area contributed by atoms with Crippen molar-refractivity contribution >= 4 is 33.5 Å². The second-order valence-corrected chi connectivity index (χ2v) is 4.95. The van der Waals surface area contributed by atoms with Crippen LogP contribution in [-0.4, -0.2) is 11.1 Å². The zero-order valence-corrected chi connectivity index (χ0v) is 11.3. The summed E-state index contributed by atoms with van der Waals surface area (Å²) in [4.78, 5) is 11.2. The Labute approximate surface area is 116 Å². The van der Waals surface area contributed by atoms with E-state index >= 15 is 0 Å². The molecule has 0 aliphatic rings. The molecule has 0 radical (unpaired) electrons. The number of carbonyl (C=O) groups is 1. The number of carboxylic acids is 1. The normalized spacial score (nSPS) is 10.4. The molecule has 2 aromatic carbocycles. The Kier molecular flexibility index (Phi) is 3.68. The number of carboxylic acid groups (broad SMARTS) is 1. The third-order valence-corrected chi connectivity index (χ3v) is 3.18. The Morgan fingerprint density at radius 2 is 1.83 bits per heavy atom. The number of hydrogen-bond donors (Lipinski definition) is 1. The lowest BCUT2D eigenvalue weighted by molar-refractivity contribution is 0.0698. The van der Waals surface area contributed by atoms with Crippen molar-refractivity contribution in [1.29, 1.82) is 0 Å². The molecule has 0 heterocycles. The Bertz CT molecular complexity index is 611. The average molecular weight is 330 g/mol. The maximum Gasteiger partial charge on any atom is 0.337 e. The van der Waals surface area contributed by atoms with Crippen molar-refractivity contribution in [1.82, 2.24) is 0 Å². The monoisotopic (exact) mass is 328 g/mol. The molecule has 92 valence electrons. The van der Waals surface area contributed by atoms with E-state index in [-0.39, 0.29) is 16.4 Å². The van der Waals surface area contributed by atoms with Gasteiger partial charge in [-0.25, -0.2) is 9.18 Å². The van der Waals surface area contributed by atoms with Crippen molar-refractivity contribution in [3.63, 3.8) is 0 Å². The van der Waals surface area contributed by atoms with Crippen molar-refractivity contribution in [3.8, 4) is 11.1 Å². The minimum Gasteiger partial charge on any atom is -0.478 e. The first-order valence-corrected chi connectivity index (χ1v) is 6.14. The van der Waals surface area contributed by atoms with Crippen molar-refractivity contribution in [2.45, 2.75) is 0 Å². The Balaban J connectivity index is 2.69. The molecular formula is C13H7BrClFO2. The minimum atomic E-state index is -1.12. The van der Waals surface area contributed by atoms with Crippen LogP contribution >= 0.6 is 27.5 Å². The molecule has 2 nitrogen and oxygen atoms in total. The van der Waals surface area contributed by atoms with E-state index in [1.54, 1.807) is 6.07 Å². The second kappa shape index (κ2) is 5.08. The Morgan fingerprint density at radius 3 is 2.39 bits per heavy atom. The van der Waals surface area contributed by atoms with E-state index in [1.807, 2.05) is 0 Å². The summed E-state index contributed by atoms with van der Waals surface area (Å²) >= 11 is 9.18. The van der Waals surface area contributed by atoms with Crippen LogP contribution in [0.1, 0.15) is 10.4 Å². The van der Waals surface area contributed by atoms with Gasteiger partial charge in [0.1, 0.15) is 5.82 Å². The molecule has 0 aliphatic carbocycles. The van der Waals surface area contributed by atoms with Gasteiger partial charge in [-0.3, -0.25) is 0 Å². The summed E-state index contributed by atoms with van der Waals surface area (Å²) in [6, 6.07) is 8.73. The van der Waals surface area contributed by atoms with Gasteiger partial charge < -0.3 is 5.11 Å². The summed E-state index contributed by atoms with van der Waals surface area (Å²) in [5.41, 5.74) is 1.05. The first-order chi connectivity index (χ1) is 8.49. The number of halogens is 3. The third kappa shape index (κ3) is 2.54. The highest BCUT2D eigenvalue weighted by atomic mass is 79.9. The molecule has 0 unspecified atom stereocenters. The highest BCUT2D eigenvalue weighted by molar-refractivity contribution is 9.10. The zero-order valence-electron chi connectivity index (χ0n) is 8.95. The first kappa shape index (κ1) is 13.1. The predicted molar refractivity (Wildman–Crippen MR) is 71.5 cm³/mol. The summed E-state index contributed by atoms with van der Waals surface area (Å²) in [6.45, 7) is 0. The van der Waals surface area contributed by atoms with E-state index < -0.39 is 5.97 Å². The molecule has 18 heavy (non-hydrogen) atoms. The molecule has 0 saturated heterocycles. The quantitative estimate of drug-likeness (QED) is 0.874.